The van der Waals surface area contributed by atoms with E-state index in [4.69, 9.17) is 11.6 Å². The van der Waals surface area contributed by atoms with Gasteiger partial charge in [0.25, 0.3) is 0 Å². The van der Waals surface area contributed by atoms with Crippen molar-refractivity contribution in [3.8, 4) is 0 Å². The largest absolute Gasteiger partial charge is 0.314 e. The van der Waals surface area contributed by atoms with Gasteiger partial charge in [0.05, 0.1) is 0 Å². The minimum Gasteiger partial charge on any atom is -0.314 e. The molecule has 1 aromatic rings. The van der Waals surface area contributed by atoms with Crippen LogP contribution in [0.1, 0.15) is 32.3 Å². The van der Waals surface area contributed by atoms with E-state index in [1.54, 1.807) is 6.07 Å². The van der Waals surface area contributed by atoms with E-state index in [1.165, 1.54) is 18.9 Å². The monoisotopic (exact) mass is 255 g/mol. The maximum Gasteiger partial charge on any atom is 0.127 e. The SMILES string of the molecule is CC(C)NCC1(Cc2ccc(Cl)cc2F)CC1. The maximum atomic E-state index is 13.7. The lowest BCUT2D eigenvalue weighted by Crippen LogP contribution is -2.31. The second-order valence-corrected chi connectivity index (χ2v) is 5.88. The van der Waals surface area contributed by atoms with Crippen LogP contribution in [0.2, 0.25) is 5.02 Å². The van der Waals surface area contributed by atoms with Gasteiger partial charge in [0.2, 0.25) is 0 Å². The van der Waals surface area contributed by atoms with Crippen molar-refractivity contribution in [1.82, 2.24) is 5.32 Å². The smallest absolute Gasteiger partial charge is 0.127 e. The fourth-order valence-electron chi connectivity index (χ4n) is 2.08. The number of hydrogen-bond donors (Lipinski definition) is 1. The predicted molar refractivity (Wildman–Crippen MR) is 69.9 cm³/mol. The Kier molecular flexibility index (Phi) is 3.74. The molecule has 0 aromatic heterocycles. The molecule has 0 amide bonds. The molecule has 0 spiro atoms. The Labute approximate surface area is 107 Å². The molecule has 0 aliphatic heterocycles. The molecule has 0 bridgehead atoms. The molecule has 0 atom stereocenters. The summed E-state index contributed by atoms with van der Waals surface area (Å²) >= 11 is 5.75. The summed E-state index contributed by atoms with van der Waals surface area (Å²) in [6.45, 7) is 5.25. The van der Waals surface area contributed by atoms with Gasteiger partial charge in [-0.15, -0.1) is 0 Å². The number of benzene rings is 1. The molecule has 0 unspecified atom stereocenters. The van der Waals surface area contributed by atoms with Crippen LogP contribution in [0.5, 0.6) is 0 Å². The fraction of sp³-hybridized carbons (Fsp3) is 0.571. The molecule has 1 N–H and O–H groups in total. The molecule has 17 heavy (non-hydrogen) atoms. The zero-order chi connectivity index (χ0) is 12.5. The zero-order valence-corrected chi connectivity index (χ0v) is 11.1. The average molecular weight is 256 g/mol. The standard InChI is InChI=1S/C14H19ClFN/c1-10(2)17-9-14(5-6-14)8-11-3-4-12(15)7-13(11)16/h3-4,7,10,17H,5-6,8-9H2,1-2H3. The molecular formula is C14H19ClFN. The van der Waals surface area contributed by atoms with Gasteiger partial charge in [-0.3, -0.25) is 0 Å². The first-order valence-electron chi connectivity index (χ1n) is 6.18. The van der Waals surface area contributed by atoms with Gasteiger partial charge in [-0.2, -0.15) is 0 Å². The van der Waals surface area contributed by atoms with Gasteiger partial charge in [0.15, 0.2) is 0 Å². The summed E-state index contributed by atoms with van der Waals surface area (Å²) in [5.41, 5.74) is 1.07. The van der Waals surface area contributed by atoms with Crippen molar-refractivity contribution in [2.24, 2.45) is 5.41 Å². The van der Waals surface area contributed by atoms with Gasteiger partial charge in [0.1, 0.15) is 5.82 Å². The molecule has 3 heteroatoms. The molecule has 2 rings (SSSR count). The topological polar surface area (TPSA) is 12.0 Å². The molecule has 0 saturated heterocycles. The van der Waals surface area contributed by atoms with E-state index in [9.17, 15) is 4.39 Å². The summed E-state index contributed by atoms with van der Waals surface area (Å²) < 4.78 is 13.7. The zero-order valence-electron chi connectivity index (χ0n) is 10.4. The Morgan fingerprint density at radius 1 is 1.41 bits per heavy atom. The molecule has 1 aliphatic carbocycles. The van der Waals surface area contributed by atoms with E-state index in [1.807, 2.05) is 6.07 Å². The summed E-state index contributed by atoms with van der Waals surface area (Å²) in [7, 11) is 0. The lowest BCUT2D eigenvalue weighted by Gasteiger charge is -2.18. The normalized spacial score (nSPS) is 17.5. The van der Waals surface area contributed by atoms with Gasteiger partial charge in [-0.05, 0) is 42.4 Å². The molecule has 0 heterocycles. The van der Waals surface area contributed by atoms with E-state index in [0.29, 0.717) is 11.1 Å². The maximum absolute atomic E-state index is 13.7. The van der Waals surface area contributed by atoms with Gasteiger partial charge in [-0.1, -0.05) is 31.5 Å². The summed E-state index contributed by atoms with van der Waals surface area (Å²) in [5, 5.41) is 3.92. The Morgan fingerprint density at radius 2 is 2.12 bits per heavy atom. The molecule has 94 valence electrons. The van der Waals surface area contributed by atoms with Crippen LogP contribution in [0, 0.1) is 11.2 Å². The third-order valence-electron chi connectivity index (χ3n) is 3.42. The van der Waals surface area contributed by atoms with Gasteiger partial charge in [-0.25, -0.2) is 4.39 Å². The Hall–Kier alpha value is -0.600. The molecule has 1 fully saturated rings. The van der Waals surface area contributed by atoms with Crippen LogP contribution in [-0.4, -0.2) is 12.6 Å². The first-order chi connectivity index (χ1) is 8.01. The summed E-state index contributed by atoms with van der Waals surface area (Å²) in [4.78, 5) is 0. The van der Waals surface area contributed by atoms with Gasteiger partial charge < -0.3 is 5.32 Å². The molecule has 1 aliphatic rings. The first kappa shape index (κ1) is 12.8. The summed E-state index contributed by atoms with van der Waals surface area (Å²) in [5.74, 6) is -0.173. The summed E-state index contributed by atoms with van der Waals surface area (Å²) in [6, 6.07) is 5.48. The first-order valence-corrected chi connectivity index (χ1v) is 6.56. The highest BCUT2D eigenvalue weighted by atomic mass is 35.5. The van der Waals surface area contributed by atoms with Gasteiger partial charge in [0, 0.05) is 17.6 Å². The molecule has 0 radical (unpaired) electrons. The third-order valence-corrected chi connectivity index (χ3v) is 3.66. The number of nitrogens with one attached hydrogen (secondary N) is 1. The van der Waals surface area contributed by atoms with Crippen molar-refractivity contribution in [2.45, 2.75) is 39.2 Å². The van der Waals surface area contributed by atoms with Crippen molar-refractivity contribution < 1.29 is 4.39 Å². The highest BCUT2D eigenvalue weighted by Gasteiger charge is 2.42. The quantitative estimate of drug-likeness (QED) is 0.844. The summed E-state index contributed by atoms with van der Waals surface area (Å²) in [6.07, 6.45) is 3.19. The van der Waals surface area contributed by atoms with Crippen molar-refractivity contribution in [2.75, 3.05) is 6.54 Å². The highest BCUT2D eigenvalue weighted by Crippen LogP contribution is 2.48. The van der Waals surface area contributed by atoms with Crippen LogP contribution in [0.4, 0.5) is 4.39 Å². The number of hydrogen-bond acceptors (Lipinski definition) is 1. The average Bonchev–Trinajstić information content (AvgIpc) is 3.00. The second-order valence-electron chi connectivity index (χ2n) is 5.45. The van der Waals surface area contributed by atoms with Crippen LogP contribution in [0.15, 0.2) is 18.2 Å². The van der Waals surface area contributed by atoms with Crippen molar-refractivity contribution >= 4 is 11.6 Å². The van der Waals surface area contributed by atoms with Crippen LogP contribution in [0.25, 0.3) is 0 Å². The lowest BCUT2D eigenvalue weighted by atomic mass is 9.96. The van der Waals surface area contributed by atoms with Gasteiger partial charge >= 0.3 is 0 Å². The van der Waals surface area contributed by atoms with E-state index < -0.39 is 0 Å². The third kappa shape index (κ3) is 3.43. The van der Waals surface area contributed by atoms with E-state index >= 15 is 0 Å². The van der Waals surface area contributed by atoms with Crippen LogP contribution >= 0.6 is 11.6 Å². The molecular weight excluding hydrogens is 237 g/mol. The van der Waals surface area contributed by atoms with Crippen molar-refractivity contribution in [3.05, 3.63) is 34.6 Å². The Morgan fingerprint density at radius 3 is 2.65 bits per heavy atom. The molecule has 1 nitrogen and oxygen atoms in total. The Balaban J connectivity index is 2.00. The van der Waals surface area contributed by atoms with E-state index in [-0.39, 0.29) is 11.2 Å². The lowest BCUT2D eigenvalue weighted by molar-refractivity contribution is 0.422. The van der Waals surface area contributed by atoms with Crippen LogP contribution < -0.4 is 5.32 Å². The number of rotatable bonds is 5. The highest BCUT2D eigenvalue weighted by molar-refractivity contribution is 6.30. The minimum absolute atomic E-state index is 0.173. The number of halogens is 2. The van der Waals surface area contributed by atoms with Crippen LogP contribution in [0.3, 0.4) is 0 Å². The van der Waals surface area contributed by atoms with Crippen molar-refractivity contribution in [1.29, 1.82) is 0 Å². The van der Waals surface area contributed by atoms with E-state index in [2.05, 4.69) is 19.2 Å². The predicted octanol–water partition coefficient (Wildman–Crippen LogP) is 3.80. The molecule has 1 saturated carbocycles. The molecule has 1 aromatic carbocycles. The van der Waals surface area contributed by atoms with E-state index in [0.717, 1.165) is 18.5 Å². The minimum atomic E-state index is -0.173. The Bertz CT molecular complexity index is 399. The van der Waals surface area contributed by atoms with Crippen LogP contribution in [-0.2, 0) is 6.42 Å². The van der Waals surface area contributed by atoms with Crippen molar-refractivity contribution in [3.63, 3.8) is 0 Å². The second kappa shape index (κ2) is 4.95. The fourth-order valence-corrected chi connectivity index (χ4v) is 2.24.